The number of ketones is 2. The molecule has 0 aromatic rings. The summed E-state index contributed by atoms with van der Waals surface area (Å²) in [6, 6.07) is 0.0802. The zero-order valence-corrected chi connectivity index (χ0v) is 17.0. The monoisotopic (exact) mass is 418 g/mol. The van der Waals surface area contributed by atoms with Crippen LogP contribution in [0.4, 0.5) is 4.79 Å². The Morgan fingerprint density at radius 1 is 1.30 bits per heavy atom. The molecule has 4 N–H and O–H groups in total. The molecule has 3 saturated heterocycles. The minimum absolute atomic E-state index is 0.0734. The number of piperidine rings is 1. The largest absolute Gasteiger partial charge is 0.449 e. The van der Waals surface area contributed by atoms with Gasteiger partial charge in [-0.15, -0.1) is 0 Å². The van der Waals surface area contributed by atoms with Gasteiger partial charge in [0.25, 0.3) is 0 Å². The number of β-amino-alcohol motifs (C(OH)–C–C–N with tert-alkyl or cyclic N) is 1. The summed E-state index contributed by atoms with van der Waals surface area (Å²) in [5, 5.41) is 13.4. The van der Waals surface area contributed by atoms with Crippen LogP contribution in [0.2, 0.25) is 0 Å². The number of hydrogen-bond donors (Lipinski definition) is 3. The van der Waals surface area contributed by atoms with Crippen LogP contribution in [-0.2, 0) is 19.1 Å². The van der Waals surface area contributed by atoms with Crippen molar-refractivity contribution < 1.29 is 29.0 Å². The van der Waals surface area contributed by atoms with E-state index in [4.69, 9.17) is 15.2 Å². The van der Waals surface area contributed by atoms with Gasteiger partial charge in [-0.2, -0.15) is 0 Å². The SMILES string of the molecule is COC12[C@@H]3N[C@@H]3CN1C1=C(C(=O)C(N3CCCC(O)C3)=C(C)C1=O)[C@@H]2COC(N)=O. The van der Waals surface area contributed by atoms with E-state index in [0.29, 0.717) is 48.6 Å². The second kappa shape index (κ2) is 6.53. The number of allylic oxidation sites excluding steroid dienone is 2. The number of hydrogen-bond acceptors (Lipinski definition) is 9. The molecule has 5 aliphatic rings. The van der Waals surface area contributed by atoms with Crippen molar-refractivity contribution in [3.8, 4) is 0 Å². The van der Waals surface area contributed by atoms with Gasteiger partial charge in [0.2, 0.25) is 11.6 Å². The number of primary amides is 1. The Balaban J connectivity index is 1.58. The minimum atomic E-state index is -0.979. The van der Waals surface area contributed by atoms with E-state index in [2.05, 4.69) is 5.32 Å². The average Bonchev–Trinajstić information content (AvgIpc) is 3.31. The van der Waals surface area contributed by atoms with Gasteiger partial charge in [0.15, 0.2) is 5.72 Å². The first kappa shape index (κ1) is 19.5. The molecule has 10 heteroatoms. The van der Waals surface area contributed by atoms with Gasteiger partial charge in [-0.3, -0.25) is 9.59 Å². The molecule has 0 bridgehead atoms. The fourth-order valence-corrected chi connectivity index (χ4v) is 5.82. The van der Waals surface area contributed by atoms with E-state index in [9.17, 15) is 19.5 Å². The first-order chi connectivity index (χ1) is 14.3. The van der Waals surface area contributed by atoms with E-state index in [1.54, 1.807) is 18.9 Å². The Morgan fingerprint density at radius 2 is 2.07 bits per heavy atom. The molecule has 0 aromatic carbocycles. The molecule has 4 heterocycles. The predicted molar refractivity (Wildman–Crippen MR) is 103 cm³/mol. The summed E-state index contributed by atoms with van der Waals surface area (Å²) in [6.07, 6.45) is -0.0782. The minimum Gasteiger partial charge on any atom is -0.449 e. The van der Waals surface area contributed by atoms with Crippen LogP contribution in [0.15, 0.2) is 22.5 Å². The number of amides is 1. The highest BCUT2D eigenvalue weighted by molar-refractivity contribution is 6.25. The molecule has 0 aromatic heterocycles. The summed E-state index contributed by atoms with van der Waals surface area (Å²) in [4.78, 5) is 42.3. The molecular formula is C20H26N4O6. The molecule has 30 heavy (non-hydrogen) atoms. The van der Waals surface area contributed by atoms with Gasteiger partial charge >= 0.3 is 6.09 Å². The number of piperazine rings is 1. The maximum Gasteiger partial charge on any atom is 0.404 e. The van der Waals surface area contributed by atoms with Crippen LogP contribution in [0.3, 0.4) is 0 Å². The molecule has 4 aliphatic heterocycles. The normalized spacial score (nSPS) is 37.4. The fraction of sp³-hybridized carbons (Fsp3) is 0.650. The maximum atomic E-state index is 13.8. The molecular weight excluding hydrogens is 392 g/mol. The van der Waals surface area contributed by atoms with Crippen LogP contribution in [-0.4, -0.2) is 89.8 Å². The number of methoxy groups -OCH3 is 1. The third kappa shape index (κ3) is 2.44. The van der Waals surface area contributed by atoms with Crippen molar-refractivity contribution in [2.45, 2.75) is 43.7 Å². The van der Waals surface area contributed by atoms with Gasteiger partial charge in [-0.25, -0.2) is 4.79 Å². The molecule has 5 atom stereocenters. The van der Waals surface area contributed by atoms with Crippen molar-refractivity contribution in [2.24, 2.45) is 11.7 Å². The van der Waals surface area contributed by atoms with Crippen molar-refractivity contribution in [1.29, 1.82) is 0 Å². The second-order valence-electron chi connectivity index (χ2n) is 8.64. The fourth-order valence-electron chi connectivity index (χ4n) is 5.82. The number of aliphatic hydroxyl groups is 1. The van der Waals surface area contributed by atoms with Crippen LogP contribution in [0.25, 0.3) is 0 Å². The van der Waals surface area contributed by atoms with Crippen LogP contribution in [0.1, 0.15) is 19.8 Å². The molecule has 2 unspecified atom stereocenters. The number of nitrogens with one attached hydrogen (secondary N) is 1. The Bertz CT molecular complexity index is 913. The lowest BCUT2D eigenvalue weighted by Gasteiger charge is -2.39. The van der Waals surface area contributed by atoms with E-state index in [-0.39, 0.29) is 30.3 Å². The molecule has 0 radical (unpaired) electrons. The van der Waals surface area contributed by atoms with E-state index in [1.807, 2.05) is 4.90 Å². The molecule has 10 nitrogen and oxygen atoms in total. The van der Waals surface area contributed by atoms with Crippen molar-refractivity contribution in [1.82, 2.24) is 15.1 Å². The summed E-state index contributed by atoms with van der Waals surface area (Å²) in [7, 11) is 1.54. The number of aliphatic hydroxyl groups excluding tert-OH is 1. The number of carbonyl (C=O) groups is 3. The highest BCUT2D eigenvalue weighted by Crippen LogP contribution is 2.56. The Labute approximate surface area is 173 Å². The third-order valence-corrected chi connectivity index (χ3v) is 7.11. The van der Waals surface area contributed by atoms with Gasteiger partial charge in [0.1, 0.15) is 6.61 Å². The predicted octanol–water partition coefficient (Wildman–Crippen LogP) is -1.15. The number of carbonyl (C=O) groups excluding carboxylic acids is 3. The zero-order chi connectivity index (χ0) is 21.4. The highest BCUT2D eigenvalue weighted by Gasteiger charge is 2.72. The second-order valence-corrected chi connectivity index (χ2v) is 8.64. The van der Waals surface area contributed by atoms with E-state index < -0.39 is 23.8 Å². The van der Waals surface area contributed by atoms with Gasteiger partial charge < -0.3 is 35.4 Å². The van der Waals surface area contributed by atoms with Crippen LogP contribution >= 0.6 is 0 Å². The quantitative estimate of drug-likeness (QED) is 0.380. The third-order valence-electron chi connectivity index (χ3n) is 7.11. The Kier molecular flexibility index (Phi) is 4.25. The molecule has 3 fully saturated rings. The molecule has 1 aliphatic carbocycles. The first-order valence-corrected chi connectivity index (χ1v) is 10.3. The van der Waals surface area contributed by atoms with Gasteiger partial charge in [-0.1, -0.05) is 0 Å². The van der Waals surface area contributed by atoms with Crippen LogP contribution < -0.4 is 11.1 Å². The Morgan fingerprint density at radius 3 is 2.73 bits per heavy atom. The van der Waals surface area contributed by atoms with Crippen molar-refractivity contribution in [3.63, 3.8) is 0 Å². The van der Waals surface area contributed by atoms with Crippen molar-refractivity contribution in [3.05, 3.63) is 22.5 Å². The zero-order valence-electron chi connectivity index (χ0n) is 17.0. The van der Waals surface area contributed by atoms with Gasteiger partial charge in [0, 0.05) is 43.9 Å². The number of likely N-dealkylation sites (tertiary alicyclic amines) is 1. The highest BCUT2D eigenvalue weighted by atomic mass is 16.6. The topological polar surface area (TPSA) is 144 Å². The maximum absolute atomic E-state index is 13.8. The van der Waals surface area contributed by atoms with E-state index in [0.717, 1.165) is 6.42 Å². The number of Topliss-reactive ketones (excluding diaryl/α,β-unsaturated/α-hetero) is 2. The van der Waals surface area contributed by atoms with Crippen molar-refractivity contribution in [2.75, 3.05) is 33.4 Å². The summed E-state index contributed by atoms with van der Waals surface area (Å²) in [6.45, 7) is 2.95. The van der Waals surface area contributed by atoms with Crippen LogP contribution in [0.5, 0.6) is 0 Å². The van der Waals surface area contributed by atoms with E-state index in [1.165, 1.54) is 0 Å². The molecule has 1 amide bonds. The lowest BCUT2D eigenvalue weighted by molar-refractivity contribution is -0.137. The number of rotatable bonds is 4. The molecule has 162 valence electrons. The average molecular weight is 418 g/mol. The smallest absolute Gasteiger partial charge is 0.404 e. The molecule has 5 rings (SSSR count). The van der Waals surface area contributed by atoms with Gasteiger partial charge in [-0.05, 0) is 19.8 Å². The van der Waals surface area contributed by atoms with Crippen LogP contribution in [0, 0.1) is 5.92 Å². The van der Waals surface area contributed by atoms with E-state index >= 15 is 0 Å². The summed E-state index contributed by atoms with van der Waals surface area (Å²) < 4.78 is 11.1. The number of nitrogens with two attached hydrogens (primary N) is 1. The summed E-state index contributed by atoms with van der Waals surface area (Å²) >= 11 is 0. The Hall–Kier alpha value is -2.43. The number of fused-ring (bicyclic) bond motifs is 4. The van der Waals surface area contributed by atoms with Crippen molar-refractivity contribution >= 4 is 17.7 Å². The standard InChI is InChI=1S/C20H26N4O6/c1-9-14(23-5-3-4-10(25)6-23)17(27)13-11(8-30-19(21)28)20(29-2)18-12(22-18)7-24(20)15(13)16(9)26/h10-12,18,22,25H,3-8H2,1-2H3,(H2,21,28)/t10?,11-,12+,18+,20?/m0/s1. The number of nitrogens with zero attached hydrogens (tertiary/aromatic N) is 2. The first-order valence-electron chi connectivity index (χ1n) is 10.3. The lowest BCUT2D eigenvalue weighted by atomic mass is 9.81. The lowest BCUT2D eigenvalue weighted by Crippen LogP contribution is -2.55. The molecule has 0 spiro atoms. The molecule has 0 saturated carbocycles. The van der Waals surface area contributed by atoms with Gasteiger partial charge in [0.05, 0.1) is 29.5 Å². The number of ether oxygens (including phenoxy) is 2. The summed E-state index contributed by atoms with van der Waals surface area (Å²) in [5.41, 5.74) is 5.59. The summed E-state index contributed by atoms with van der Waals surface area (Å²) in [5.74, 6) is -1.13.